The van der Waals surface area contributed by atoms with Crippen LogP contribution in [0.1, 0.15) is 11.4 Å². The summed E-state index contributed by atoms with van der Waals surface area (Å²) in [6.45, 7) is 2.19. The minimum absolute atomic E-state index is 0.131. The van der Waals surface area contributed by atoms with E-state index in [1.807, 2.05) is 18.2 Å². The van der Waals surface area contributed by atoms with E-state index in [-0.39, 0.29) is 5.03 Å². The van der Waals surface area contributed by atoms with E-state index in [2.05, 4.69) is 20.9 Å². The second kappa shape index (κ2) is 5.55. The van der Waals surface area contributed by atoms with Gasteiger partial charge in [-0.05, 0) is 30.7 Å². The van der Waals surface area contributed by atoms with Crippen LogP contribution in [0.5, 0.6) is 5.75 Å². The summed E-state index contributed by atoms with van der Waals surface area (Å²) in [5, 5.41) is 4.94. The minimum Gasteiger partial charge on any atom is -0.497 e. The number of imidazole rings is 1. The number of primary sulfonamides is 1. The quantitative estimate of drug-likeness (QED) is 0.898. The second-order valence-corrected chi connectivity index (χ2v) is 6.62. The van der Waals surface area contributed by atoms with Crippen molar-refractivity contribution in [3.8, 4) is 5.75 Å². The number of benzene rings is 1. The number of nitrogens with zero attached hydrogens (tertiary/aromatic N) is 2. The summed E-state index contributed by atoms with van der Waals surface area (Å²) in [7, 11) is -2.20. The number of hydrogen-bond donors (Lipinski definition) is 1. The van der Waals surface area contributed by atoms with Gasteiger partial charge in [0.2, 0.25) is 0 Å². The van der Waals surface area contributed by atoms with E-state index in [0.29, 0.717) is 12.4 Å². The summed E-state index contributed by atoms with van der Waals surface area (Å²) in [5.41, 5.74) is 0.950. The van der Waals surface area contributed by atoms with Crippen molar-refractivity contribution < 1.29 is 13.2 Å². The lowest BCUT2D eigenvalue weighted by atomic mass is 10.2. The molecule has 8 heteroatoms. The van der Waals surface area contributed by atoms with E-state index in [0.717, 1.165) is 15.8 Å². The van der Waals surface area contributed by atoms with Crippen LogP contribution in [0.3, 0.4) is 0 Å². The summed E-state index contributed by atoms with van der Waals surface area (Å²) < 4.78 is 30.4. The van der Waals surface area contributed by atoms with E-state index in [4.69, 9.17) is 9.88 Å². The van der Waals surface area contributed by atoms with E-state index in [1.54, 1.807) is 18.6 Å². The minimum atomic E-state index is -3.79. The average Bonchev–Trinajstić information content (AvgIpc) is 2.74. The second-order valence-electron chi connectivity index (χ2n) is 4.26. The molecule has 108 valence electrons. The van der Waals surface area contributed by atoms with Crippen molar-refractivity contribution in [3.05, 3.63) is 40.3 Å². The molecule has 6 nitrogen and oxygen atoms in total. The molecule has 0 aliphatic rings. The van der Waals surface area contributed by atoms with Gasteiger partial charge in [-0.1, -0.05) is 15.9 Å². The number of rotatable bonds is 4. The summed E-state index contributed by atoms with van der Waals surface area (Å²) in [6.07, 6.45) is 1.43. The molecule has 0 saturated heterocycles. The molecule has 0 spiro atoms. The van der Waals surface area contributed by atoms with Gasteiger partial charge in [0.15, 0.2) is 5.03 Å². The highest BCUT2D eigenvalue weighted by Gasteiger charge is 2.15. The van der Waals surface area contributed by atoms with Gasteiger partial charge < -0.3 is 9.30 Å². The van der Waals surface area contributed by atoms with Gasteiger partial charge >= 0.3 is 0 Å². The predicted molar refractivity (Wildman–Crippen MR) is 78.1 cm³/mol. The zero-order chi connectivity index (χ0) is 14.9. The van der Waals surface area contributed by atoms with Crippen LogP contribution < -0.4 is 9.88 Å². The third-order valence-corrected chi connectivity index (χ3v) is 4.39. The molecule has 0 fully saturated rings. The standard InChI is InChI=1S/C12H14BrN3O3S/c1-8-15-12(20(14,17)18)7-16(8)6-9-5-10(19-2)3-4-11(9)13/h3-5,7H,6H2,1-2H3,(H2,14,17,18). The highest BCUT2D eigenvalue weighted by molar-refractivity contribution is 9.10. The predicted octanol–water partition coefficient (Wildman–Crippen LogP) is 1.66. The molecule has 0 radical (unpaired) electrons. The Labute approximate surface area is 125 Å². The van der Waals surface area contributed by atoms with Crippen molar-refractivity contribution in [3.63, 3.8) is 0 Å². The zero-order valence-corrected chi connectivity index (χ0v) is 13.4. The third-order valence-electron chi connectivity index (χ3n) is 2.84. The number of sulfonamides is 1. The number of aryl methyl sites for hydroxylation is 1. The molecule has 1 heterocycles. The lowest BCUT2D eigenvalue weighted by Gasteiger charge is -2.09. The Morgan fingerprint density at radius 2 is 2.15 bits per heavy atom. The Hall–Kier alpha value is -1.38. The summed E-state index contributed by atoms with van der Waals surface area (Å²) in [6, 6.07) is 5.59. The van der Waals surface area contributed by atoms with Gasteiger partial charge in [0, 0.05) is 10.7 Å². The van der Waals surface area contributed by atoms with Gasteiger partial charge in [-0.3, -0.25) is 0 Å². The molecule has 2 N–H and O–H groups in total. The number of hydrogen-bond acceptors (Lipinski definition) is 4. The number of ether oxygens (including phenoxy) is 1. The van der Waals surface area contributed by atoms with Gasteiger partial charge in [-0.15, -0.1) is 0 Å². The number of nitrogens with two attached hydrogens (primary N) is 1. The Morgan fingerprint density at radius 1 is 1.45 bits per heavy atom. The van der Waals surface area contributed by atoms with Crippen molar-refractivity contribution in [2.45, 2.75) is 18.5 Å². The monoisotopic (exact) mass is 359 g/mol. The smallest absolute Gasteiger partial charge is 0.257 e. The van der Waals surface area contributed by atoms with E-state index < -0.39 is 10.0 Å². The fraction of sp³-hybridized carbons (Fsp3) is 0.250. The first-order valence-corrected chi connectivity index (χ1v) is 8.04. The number of methoxy groups -OCH3 is 1. The topological polar surface area (TPSA) is 87.2 Å². The molecular weight excluding hydrogens is 346 g/mol. The first-order chi connectivity index (χ1) is 9.31. The molecule has 0 atom stereocenters. The maximum Gasteiger partial charge on any atom is 0.257 e. The maximum atomic E-state index is 11.3. The van der Waals surface area contributed by atoms with Crippen LogP contribution in [0.25, 0.3) is 0 Å². The molecule has 2 rings (SSSR count). The summed E-state index contributed by atoms with van der Waals surface area (Å²) in [5.74, 6) is 1.30. The Morgan fingerprint density at radius 3 is 2.70 bits per heavy atom. The normalized spacial score (nSPS) is 11.6. The molecule has 0 saturated carbocycles. The van der Waals surface area contributed by atoms with Gasteiger partial charge in [0.25, 0.3) is 10.0 Å². The Bertz CT molecular complexity index is 740. The highest BCUT2D eigenvalue weighted by Crippen LogP contribution is 2.24. The van der Waals surface area contributed by atoms with Gasteiger partial charge in [-0.2, -0.15) is 0 Å². The molecular formula is C12H14BrN3O3S. The first-order valence-electron chi connectivity index (χ1n) is 5.70. The number of halogens is 1. The molecule has 0 amide bonds. The molecule has 0 aliphatic heterocycles. The van der Waals surface area contributed by atoms with Crippen LogP contribution in [-0.2, 0) is 16.6 Å². The molecule has 0 unspecified atom stereocenters. The summed E-state index contributed by atoms with van der Waals surface area (Å²) in [4.78, 5) is 3.95. The van der Waals surface area contributed by atoms with E-state index in [9.17, 15) is 8.42 Å². The van der Waals surface area contributed by atoms with Crippen LogP contribution in [0.4, 0.5) is 0 Å². The SMILES string of the molecule is COc1ccc(Br)c(Cn2cc(S(N)(=O)=O)nc2C)c1. The van der Waals surface area contributed by atoms with Gasteiger partial charge in [0.05, 0.1) is 13.7 Å². The average molecular weight is 360 g/mol. The van der Waals surface area contributed by atoms with Crippen molar-refractivity contribution in [1.29, 1.82) is 0 Å². The molecule has 1 aromatic heterocycles. The number of aromatic nitrogens is 2. The Balaban J connectivity index is 2.38. The molecule has 0 bridgehead atoms. The largest absolute Gasteiger partial charge is 0.497 e. The van der Waals surface area contributed by atoms with Crippen molar-refractivity contribution in [2.75, 3.05) is 7.11 Å². The van der Waals surface area contributed by atoms with Crippen molar-refractivity contribution >= 4 is 26.0 Å². The maximum absolute atomic E-state index is 11.3. The highest BCUT2D eigenvalue weighted by atomic mass is 79.9. The lowest BCUT2D eigenvalue weighted by Crippen LogP contribution is -2.12. The van der Waals surface area contributed by atoms with E-state index >= 15 is 0 Å². The van der Waals surface area contributed by atoms with Gasteiger partial charge in [-0.25, -0.2) is 18.5 Å². The fourth-order valence-corrected chi connectivity index (χ4v) is 2.66. The van der Waals surface area contributed by atoms with E-state index in [1.165, 1.54) is 6.20 Å². The molecule has 1 aromatic carbocycles. The molecule has 0 aliphatic carbocycles. The van der Waals surface area contributed by atoms with Crippen LogP contribution in [0.2, 0.25) is 0 Å². The van der Waals surface area contributed by atoms with Crippen LogP contribution in [-0.4, -0.2) is 25.1 Å². The lowest BCUT2D eigenvalue weighted by molar-refractivity contribution is 0.414. The summed E-state index contributed by atoms with van der Waals surface area (Å²) >= 11 is 3.46. The molecule has 2 aromatic rings. The third kappa shape index (κ3) is 3.20. The fourth-order valence-electron chi connectivity index (χ4n) is 1.76. The van der Waals surface area contributed by atoms with Crippen LogP contribution >= 0.6 is 15.9 Å². The van der Waals surface area contributed by atoms with Crippen LogP contribution in [0, 0.1) is 6.92 Å². The van der Waals surface area contributed by atoms with Gasteiger partial charge in [0.1, 0.15) is 11.6 Å². The van der Waals surface area contributed by atoms with Crippen molar-refractivity contribution in [1.82, 2.24) is 9.55 Å². The Kier molecular flexibility index (Phi) is 4.17. The molecule has 20 heavy (non-hydrogen) atoms. The zero-order valence-electron chi connectivity index (χ0n) is 11.0. The van der Waals surface area contributed by atoms with Crippen LogP contribution in [0.15, 0.2) is 33.9 Å². The van der Waals surface area contributed by atoms with Crippen molar-refractivity contribution in [2.24, 2.45) is 5.14 Å². The first kappa shape index (κ1) is 15.0.